The highest BCUT2D eigenvalue weighted by molar-refractivity contribution is 5.74. The summed E-state index contributed by atoms with van der Waals surface area (Å²) in [6.07, 6.45) is 6.57. The van der Waals surface area contributed by atoms with Crippen molar-refractivity contribution in [1.29, 1.82) is 0 Å². The molecule has 1 aliphatic carbocycles. The molecule has 1 aliphatic heterocycles. The topological polar surface area (TPSA) is 57.3 Å². The van der Waals surface area contributed by atoms with Crippen LogP contribution in [0.5, 0.6) is 0 Å². The monoisotopic (exact) mass is 350 g/mol. The van der Waals surface area contributed by atoms with Gasteiger partial charge in [0, 0.05) is 37.8 Å². The molecule has 0 bridgehead atoms. The Kier molecular flexibility index (Phi) is 4.78. The van der Waals surface area contributed by atoms with Crippen LogP contribution in [0, 0.1) is 0 Å². The minimum absolute atomic E-state index is 0.105. The van der Waals surface area contributed by atoms with Crippen molar-refractivity contribution in [3.63, 3.8) is 0 Å². The Hall–Kier alpha value is -2.56. The molecular weight excluding hydrogens is 324 g/mol. The molecule has 136 valence electrons. The summed E-state index contributed by atoms with van der Waals surface area (Å²) in [5.41, 5.74) is 2.55. The number of carbonyl (C=O) groups is 1. The molecule has 0 unspecified atom stereocenters. The summed E-state index contributed by atoms with van der Waals surface area (Å²) in [6, 6.07) is 14.4. The van der Waals surface area contributed by atoms with Gasteiger partial charge >= 0.3 is 6.03 Å². The Morgan fingerprint density at radius 3 is 2.58 bits per heavy atom. The molecule has 1 saturated heterocycles. The molecule has 0 atom stereocenters. The quantitative estimate of drug-likeness (QED) is 0.841. The number of amides is 2. The number of rotatable bonds is 6. The van der Waals surface area contributed by atoms with E-state index in [1.54, 1.807) is 0 Å². The van der Waals surface area contributed by atoms with Gasteiger partial charge in [-0.2, -0.15) is 0 Å². The molecule has 5 nitrogen and oxygen atoms in total. The second kappa shape index (κ2) is 7.36. The number of aromatic nitrogens is 1. The maximum Gasteiger partial charge on any atom is 0.315 e. The van der Waals surface area contributed by atoms with Crippen molar-refractivity contribution in [2.75, 3.05) is 24.5 Å². The number of benzene rings is 1. The van der Waals surface area contributed by atoms with Crippen molar-refractivity contribution in [3.05, 3.63) is 59.8 Å². The van der Waals surface area contributed by atoms with Gasteiger partial charge in [-0.05, 0) is 48.9 Å². The summed E-state index contributed by atoms with van der Waals surface area (Å²) in [7, 11) is 0. The number of nitrogens with zero attached hydrogens (tertiary/aromatic N) is 2. The van der Waals surface area contributed by atoms with Crippen LogP contribution in [0.2, 0.25) is 0 Å². The first kappa shape index (κ1) is 16.9. The maximum absolute atomic E-state index is 12.2. The first-order valence-electron chi connectivity index (χ1n) is 9.52. The largest absolute Gasteiger partial charge is 0.357 e. The zero-order chi connectivity index (χ0) is 17.8. The van der Waals surface area contributed by atoms with Gasteiger partial charge in [-0.15, -0.1) is 0 Å². The van der Waals surface area contributed by atoms with E-state index in [2.05, 4.69) is 50.8 Å². The second-order valence-corrected chi connectivity index (χ2v) is 7.40. The van der Waals surface area contributed by atoms with Gasteiger partial charge in [0.25, 0.3) is 0 Å². The average Bonchev–Trinajstić information content (AvgIpc) is 3.29. The van der Waals surface area contributed by atoms with E-state index in [0.29, 0.717) is 13.1 Å². The molecule has 2 N–H and O–H groups in total. The fourth-order valence-electron chi connectivity index (χ4n) is 3.69. The van der Waals surface area contributed by atoms with Crippen LogP contribution in [0.4, 0.5) is 10.6 Å². The van der Waals surface area contributed by atoms with E-state index >= 15 is 0 Å². The first-order valence-corrected chi connectivity index (χ1v) is 9.52. The van der Waals surface area contributed by atoms with E-state index in [0.717, 1.165) is 37.3 Å². The zero-order valence-electron chi connectivity index (χ0n) is 15.1. The molecule has 5 heteroatoms. The molecule has 1 saturated carbocycles. The third-order valence-corrected chi connectivity index (χ3v) is 5.52. The summed E-state index contributed by atoms with van der Waals surface area (Å²) in [5, 5.41) is 6.02. The van der Waals surface area contributed by atoms with Crippen molar-refractivity contribution in [2.45, 2.75) is 37.6 Å². The minimum Gasteiger partial charge on any atom is -0.357 e. The molecule has 0 radical (unpaired) electrons. The molecule has 1 aromatic heterocycles. The van der Waals surface area contributed by atoms with Gasteiger partial charge in [-0.3, -0.25) is 0 Å². The lowest BCUT2D eigenvalue weighted by atomic mass is 9.96. The molecule has 2 aromatic rings. The molecule has 2 amide bonds. The third-order valence-electron chi connectivity index (χ3n) is 5.52. The summed E-state index contributed by atoms with van der Waals surface area (Å²) in [4.78, 5) is 19.0. The summed E-state index contributed by atoms with van der Waals surface area (Å²) in [6.45, 7) is 3.36. The van der Waals surface area contributed by atoms with Crippen LogP contribution >= 0.6 is 0 Å². The molecule has 2 aliphatic rings. The number of hydrogen-bond donors (Lipinski definition) is 2. The van der Waals surface area contributed by atoms with Gasteiger partial charge < -0.3 is 15.5 Å². The Morgan fingerprint density at radius 2 is 1.85 bits per heavy atom. The Morgan fingerprint density at radius 1 is 1.08 bits per heavy atom. The number of hydrogen-bond acceptors (Lipinski definition) is 3. The highest BCUT2D eigenvalue weighted by Crippen LogP contribution is 2.47. The Balaban J connectivity index is 1.27. The van der Waals surface area contributed by atoms with E-state index < -0.39 is 0 Å². The SMILES string of the molecule is O=C(NCc1ccnc(N2CCCC2)c1)NCC1(c2ccccc2)CC1. The maximum atomic E-state index is 12.2. The highest BCUT2D eigenvalue weighted by atomic mass is 16.2. The van der Waals surface area contributed by atoms with Gasteiger partial charge in [0.15, 0.2) is 0 Å². The molecular formula is C21H26N4O. The number of pyridine rings is 1. The lowest BCUT2D eigenvalue weighted by Crippen LogP contribution is -2.39. The number of nitrogens with one attached hydrogen (secondary N) is 2. The number of urea groups is 1. The normalized spacial score (nSPS) is 17.8. The van der Waals surface area contributed by atoms with Crippen molar-refractivity contribution in [3.8, 4) is 0 Å². The van der Waals surface area contributed by atoms with Crippen LogP contribution in [0.25, 0.3) is 0 Å². The average molecular weight is 350 g/mol. The van der Waals surface area contributed by atoms with E-state index in [-0.39, 0.29) is 11.4 Å². The smallest absolute Gasteiger partial charge is 0.315 e. The third kappa shape index (κ3) is 3.82. The predicted molar refractivity (Wildman–Crippen MR) is 103 cm³/mol. The fourth-order valence-corrected chi connectivity index (χ4v) is 3.69. The fraction of sp³-hybridized carbons (Fsp3) is 0.429. The summed E-state index contributed by atoms with van der Waals surface area (Å²) >= 11 is 0. The summed E-state index contributed by atoms with van der Waals surface area (Å²) < 4.78 is 0. The first-order chi connectivity index (χ1) is 12.8. The summed E-state index contributed by atoms with van der Waals surface area (Å²) in [5.74, 6) is 1.02. The lowest BCUT2D eigenvalue weighted by Gasteiger charge is -2.18. The van der Waals surface area contributed by atoms with Crippen molar-refractivity contribution in [2.24, 2.45) is 0 Å². The van der Waals surface area contributed by atoms with Gasteiger partial charge in [0.1, 0.15) is 5.82 Å². The lowest BCUT2D eigenvalue weighted by molar-refractivity contribution is 0.239. The Labute approximate surface area is 154 Å². The molecule has 2 heterocycles. The zero-order valence-corrected chi connectivity index (χ0v) is 15.1. The van der Waals surface area contributed by atoms with Crippen molar-refractivity contribution >= 4 is 11.8 Å². The molecule has 0 spiro atoms. The minimum atomic E-state index is -0.105. The van der Waals surface area contributed by atoms with Gasteiger partial charge in [-0.1, -0.05) is 30.3 Å². The van der Waals surface area contributed by atoms with Crippen LogP contribution < -0.4 is 15.5 Å². The van der Waals surface area contributed by atoms with Crippen LogP contribution in [-0.2, 0) is 12.0 Å². The molecule has 4 rings (SSSR count). The van der Waals surface area contributed by atoms with Crippen LogP contribution in [0.3, 0.4) is 0 Å². The van der Waals surface area contributed by atoms with E-state index in [1.165, 1.54) is 18.4 Å². The standard InChI is InChI=1S/C21H26N4O/c26-20(24-16-21(9-10-21)18-6-2-1-3-7-18)23-15-17-8-11-22-19(14-17)25-12-4-5-13-25/h1-3,6-8,11,14H,4-5,9-10,12-13,15-16H2,(H2,23,24,26). The van der Waals surface area contributed by atoms with Crippen LogP contribution in [0.1, 0.15) is 36.8 Å². The molecule has 1 aromatic carbocycles. The molecule has 26 heavy (non-hydrogen) atoms. The second-order valence-electron chi connectivity index (χ2n) is 7.40. The van der Waals surface area contributed by atoms with Crippen molar-refractivity contribution in [1.82, 2.24) is 15.6 Å². The van der Waals surface area contributed by atoms with Crippen molar-refractivity contribution < 1.29 is 4.79 Å². The van der Waals surface area contributed by atoms with Gasteiger partial charge in [0.2, 0.25) is 0 Å². The molecule has 2 fully saturated rings. The van der Waals surface area contributed by atoms with Gasteiger partial charge in [-0.25, -0.2) is 9.78 Å². The van der Waals surface area contributed by atoms with Crippen LogP contribution in [0.15, 0.2) is 48.7 Å². The van der Waals surface area contributed by atoms with E-state index in [9.17, 15) is 4.79 Å². The highest BCUT2D eigenvalue weighted by Gasteiger charge is 2.44. The van der Waals surface area contributed by atoms with Gasteiger partial charge in [0.05, 0.1) is 0 Å². The van der Waals surface area contributed by atoms with E-state index in [1.807, 2.05) is 18.3 Å². The Bertz CT molecular complexity index is 752. The number of anilines is 1. The van der Waals surface area contributed by atoms with Crippen LogP contribution in [-0.4, -0.2) is 30.6 Å². The number of carbonyl (C=O) groups excluding carboxylic acids is 1. The predicted octanol–water partition coefficient (Wildman–Crippen LogP) is 3.21. The van der Waals surface area contributed by atoms with E-state index in [4.69, 9.17) is 0 Å².